The fourth-order valence-electron chi connectivity index (χ4n) is 3.32. The smallest absolute Gasteiger partial charge is 0.326 e. The Labute approximate surface area is 160 Å². The highest BCUT2D eigenvalue weighted by Gasteiger charge is 2.52. The van der Waals surface area contributed by atoms with E-state index in [4.69, 9.17) is 4.74 Å². The van der Waals surface area contributed by atoms with Crippen LogP contribution in [-0.4, -0.2) is 11.5 Å². The fraction of sp³-hybridized carbons (Fsp3) is 0.208. The Kier molecular flexibility index (Phi) is 5.03. The third-order valence-electron chi connectivity index (χ3n) is 5.04. The van der Waals surface area contributed by atoms with Crippen LogP contribution in [0.25, 0.3) is 0 Å². The van der Waals surface area contributed by atoms with Crippen molar-refractivity contribution in [3.8, 4) is 0 Å². The van der Waals surface area contributed by atoms with Crippen LogP contribution in [0.2, 0.25) is 0 Å². The van der Waals surface area contributed by atoms with E-state index >= 15 is 0 Å². The van der Waals surface area contributed by atoms with Crippen LogP contribution in [-0.2, 0) is 16.1 Å². The van der Waals surface area contributed by atoms with Gasteiger partial charge in [-0.05, 0) is 29.5 Å². The molecular weight excluding hydrogens is 334 g/mol. The SMILES string of the molecule is O=C(OCc1ccccc1)C1(NC(c2ccccc2)c2ccccc2)CC1. The number of rotatable bonds is 7. The summed E-state index contributed by atoms with van der Waals surface area (Å²) in [5, 5.41) is 3.60. The van der Waals surface area contributed by atoms with Crippen LogP contribution in [0.1, 0.15) is 35.6 Å². The Morgan fingerprint density at radius 3 is 1.78 bits per heavy atom. The molecule has 0 aliphatic heterocycles. The van der Waals surface area contributed by atoms with E-state index in [1.165, 1.54) is 0 Å². The zero-order valence-electron chi connectivity index (χ0n) is 15.2. The Bertz CT molecular complexity index is 835. The van der Waals surface area contributed by atoms with Gasteiger partial charge in [0, 0.05) is 0 Å². The van der Waals surface area contributed by atoms with Crippen molar-refractivity contribution in [2.24, 2.45) is 0 Å². The van der Waals surface area contributed by atoms with E-state index in [-0.39, 0.29) is 12.0 Å². The van der Waals surface area contributed by atoms with Crippen molar-refractivity contribution in [1.29, 1.82) is 0 Å². The first-order valence-corrected chi connectivity index (χ1v) is 9.36. The molecule has 27 heavy (non-hydrogen) atoms. The maximum atomic E-state index is 12.8. The second kappa shape index (κ2) is 7.77. The Morgan fingerprint density at radius 1 is 0.815 bits per heavy atom. The Hall–Kier alpha value is -2.91. The summed E-state index contributed by atoms with van der Waals surface area (Å²) in [6.45, 7) is 0.310. The molecule has 0 bridgehead atoms. The minimum atomic E-state index is -0.592. The van der Waals surface area contributed by atoms with E-state index in [0.29, 0.717) is 6.61 Å². The van der Waals surface area contributed by atoms with E-state index in [1.54, 1.807) is 0 Å². The van der Waals surface area contributed by atoms with Gasteiger partial charge in [-0.1, -0.05) is 91.0 Å². The van der Waals surface area contributed by atoms with Gasteiger partial charge in [0.2, 0.25) is 0 Å². The van der Waals surface area contributed by atoms with Gasteiger partial charge in [0.25, 0.3) is 0 Å². The summed E-state index contributed by atoms with van der Waals surface area (Å²) < 4.78 is 5.63. The minimum Gasteiger partial charge on any atom is -0.459 e. The molecule has 1 N–H and O–H groups in total. The monoisotopic (exact) mass is 357 g/mol. The van der Waals surface area contributed by atoms with Crippen LogP contribution in [0.4, 0.5) is 0 Å². The van der Waals surface area contributed by atoms with Crippen LogP contribution in [0.5, 0.6) is 0 Å². The summed E-state index contributed by atoms with van der Waals surface area (Å²) in [7, 11) is 0. The third-order valence-corrected chi connectivity index (χ3v) is 5.04. The average Bonchev–Trinajstić information content (AvgIpc) is 3.53. The van der Waals surface area contributed by atoms with Gasteiger partial charge < -0.3 is 4.74 Å². The van der Waals surface area contributed by atoms with Crippen molar-refractivity contribution in [1.82, 2.24) is 5.32 Å². The molecule has 1 aliphatic carbocycles. The van der Waals surface area contributed by atoms with Gasteiger partial charge in [-0.25, -0.2) is 0 Å². The number of carbonyl (C=O) groups is 1. The summed E-state index contributed by atoms with van der Waals surface area (Å²) in [5.74, 6) is -0.164. The quantitative estimate of drug-likeness (QED) is 0.626. The second-order valence-electron chi connectivity index (χ2n) is 7.04. The molecule has 3 aromatic rings. The molecule has 3 aromatic carbocycles. The van der Waals surface area contributed by atoms with Crippen molar-refractivity contribution in [3.63, 3.8) is 0 Å². The van der Waals surface area contributed by atoms with Gasteiger partial charge in [-0.3, -0.25) is 10.1 Å². The molecule has 3 nitrogen and oxygen atoms in total. The zero-order valence-corrected chi connectivity index (χ0v) is 15.2. The lowest BCUT2D eigenvalue weighted by atomic mass is 9.97. The lowest BCUT2D eigenvalue weighted by Crippen LogP contribution is -2.43. The molecule has 3 heteroatoms. The predicted octanol–water partition coefficient (Wildman–Crippen LogP) is 4.64. The van der Waals surface area contributed by atoms with Gasteiger partial charge in [0.1, 0.15) is 12.1 Å². The molecule has 0 heterocycles. The van der Waals surface area contributed by atoms with E-state index in [2.05, 4.69) is 29.6 Å². The summed E-state index contributed by atoms with van der Waals surface area (Å²) in [6.07, 6.45) is 1.60. The van der Waals surface area contributed by atoms with Crippen LogP contribution in [0, 0.1) is 0 Å². The molecule has 1 saturated carbocycles. The van der Waals surface area contributed by atoms with Gasteiger partial charge in [-0.2, -0.15) is 0 Å². The van der Waals surface area contributed by atoms with Gasteiger partial charge in [0.05, 0.1) is 6.04 Å². The molecule has 0 saturated heterocycles. The number of esters is 1. The third kappa shape index (κ3) is 4.09. The van der Waals surface area contributed by atoms with E-state index in [1.807, 2.05) is 66.7 Å². The highest BCUT2D eigenvalue weighted by atomic mass is 16.5. The summed E-state index contributed by atoms with van der Waals surface area (Å²) in [5.41, 5.74) is 2.70. The first-order valence-electron chi connectivity index (χ1n) is 9.36. The van der Waals surface area contributed by atoms with Crippen molar-refractivity contribution in [2.45, 2.75) is 31.0 Å². The van der Waals surface area contributed by atoms with Crippen LogP contribution in [0.3, 0.4) is 0 Å². The lowest BCUT2D eigenvalue weighted by molar-refractivity contribution is -0.149. The molecule has 0 spiro atoms. The normalized spacial score (nSPS) is 14.7. The second-order valence-corrected chi connectivity index (χ2v) is 7.04. The molecule has 1 fully saturated rings. The van der Waals surface area contributed by atoms with Crippen molar-refractivity contribution in [3.05, 3.63) is 108 Å². The number of hydrogen-bond acceptors (Lipinski definition) is 3. The molecule has 0 atom stereocenters. The average molecular weight is 357 g/mol. The number of ether oxygens (including phenoxy) is 1. The maximum absolute atomic E-state index is 12.8. The highest BCUT2D eigenvalue weighted by Crippen LogP contribution is 2.40. The zero-order chi connectivity index (χ0) is 18.5. The lowest BCUT2D eigenvalue weighted by Gasteiger charge is -2.25. The number of nitrogens with one attached hydrogen (secondary N) is 1. The summed E-state index contributed by atoms with van der Waals surface area (Å²) >= 11 is 0. The Morgan fingerprint density at radius 2 is 1.30 bits per heavy atom. The largest absolute Gasteiger partial charge is 0.459 e. The standard InChI is InChI=1S/C24H23NO2/c26-23(27-18-19-10-4-1-5-11-19)24(16-17-24)25-22(20-12-6-2-7-13-20)21-14-8-3-9-15-21/h1-15,22,25H,16-18H2. The maximum Gasteiger partial charge on any atom is 0.326 e. The first kappa shape index (κ1) is 17.5. The summed E-state index contributed by atoms with van der Waals surface area (Å²) in [4.78, 5) is 12.8. The fourth-order valence-corrected chi connectivity index (χ4v) is 3.32. The predicted molar refractivity (Wildman–Crippen MR) is 106 cm³/mol. The number of carbonyl (C=O) groups excluding carboxylic acids is 1. The minimum absolute atomic E-state index is 0.0424. The van der Waals surface area contributed by atoms with Crippen molar-refractivity contribution < 1.29 is 9.53 Å². The van der Waals surface area contributed by atoms with Gasteiger partial charge in [-0.15, -0.1) is 0 Å². The van der Waals surface area contributed by atoms with Gasteiger partial charge >= 0.3 is 5.97 Å². The number of benzene rings is 3. The molecule has 1 aliphatic rings. The van der Waals surface area contributed by atoms with E-state index < -0.39 is 5.54 Å². The summed E-state index contributed by atoms with van der Waals surface area (Å²) in [6, 6.07) is 30.3. The molecular formula is C24H23NO2. The highest BCUT2D eigenvalue weighted by molar-refractivity contribution is 5.84. The molecule has 0 amide bonds. The Balaban J connectivity index is 1.51. The van der Waals surface area contributed by atoms with Gasteiger partial charge in [0.15, 0.2) is 0 Å². The molecule has 136 valence electrons. The first-order chi connectivity index (χ1) is 13.3. The topological polar surface area (TPSA) is 38.3 Å². The number of hydrogen-bond donors (Lipinski definition) is 1. The van der Waals surface area contributed by atoms with Crippen molar-refractivity contribution >= 4 is 5.97 Å². The van der Waals surface area contributed by atoms with E-state index in [9.17, 15) is 4.79 Å². The van der Waals surface area contributed by atoms with Crippen molar-refractivity contribution in [2.75, 3.05) is 0 Å². The van der Waals surface area contributed by atoms with Crippen LogP contribution < -0.4 is 5.32 Å². The van der Waals surface area contributed by atoms with Crippen LogP contribution in [0.15, 0.2) is 91.0 Å². The molecule has 0 radical (unpaired) electrons. The molecule has 0 aromatic heterocycles. The molecule has 0 unspecified atom stereocenters. The van der Waals surface area contributed by atoms with E-state index in [0.717, 1.165) is 29.5 Å². The molecule has 4 rings (SSSR count). The van der Waals surface area contributed by atoms with Crippen LogP contribution >= 0.6 is 0 Å².